The van der Waals surface area contributed by atoms with E-state index < -0.39 is 5.34 Å². The quantitative estimate of drug-likeness (QED) is 0.545. The molecule has 1 N–H and O–H groups in total. The van der Waals surface area contributed by atoms with Crippen molar-refractivity contribution in [3.05, 3.63) is 0 Å². The summed E-state index contributed by atoms with van der Waals surface area (Å²) in [5.41, 5.74) is 0. The minimum absolute atomic E-state index is 0.533. The summed E-state index contributed by atoms with van der Waals surface area (Å²) in [6, 6.07) is 0. The zero-order chi connectivity index (χ0) is 5.91. The molecule has 44 valence electrons. The molecule has 0 radical (unpaired) electrons. The first-order valence-electron chi connectivity index (χ1n) is 2.57. The Hall–Kier alpha value is 0.390. The molecule has 0 saturated carbocycles. The van der Waals surface area contributed by atoms with Crippen LogP contribution in [0, 0.1) is 0 Å². The third-order valence-corrected chi connectivity index (χ3v) is 1.04. The van der Waals surface area contributed by atoms with Crippen molar-refractivity contribution in [2.45, 2.75) is 32.0 Å². The standard InChI is InChI=1S/C5H13OP/c1-3-4-5(2,6)7/h6H,3-4,7H2,1-2H3. The summed E-state index contributed by atoms with van der Waals surface area (Å²) in [6.07, 6.45) is 1.90. The topological polar surface area (TPSA) is 20.2 Å². The van der Waals surface area contributed by atoms with Gasteiger partial charge in [0.15, 0.2) is 0 Å². The van der Waals surface area contributed by atoms with Gasteiger partial charge < -0.3 is 5.11 Å². The van der Waals surface area contributed by atoms with Crippen LogP contribution in [0.3, 0.4) is 0 Å². The lowest BCUT2D eigenvalue weighted by Gasteiger charge is -2.13. The van der Waals surface area contributed by atoms with Gasteiger partial charge in [-0.25, -0.2) is 0 Å². The molecule has 0 amide bonds. The van der Waals surface area contributed by atoms with Crippen LogP contribution in [-0.4, -0.2) is 10.4 Å². The second kappa shape index (κ2) is 2.64. The van der Waals surface area contributed by atoms with Crippen LogP contribution in [0.25, 0.3) is 0 Å². The molecule has 0 rings (SSSR count). The van der Waals surface area contributed by atoms with Crippen molar-refractivity contribution in [3.8, 4) is 0 Å². The highest BCUT2D eigenvalue weighted by molar-refractivity contribution is 7.18. The van der Waals surface area contributed by atoms with Gasteiger partial charge in [0.25, 0.3) is 0 Å². The van der Waals surface area contributed by atoms with E-state index in [1.165, 1.54) is 0 Å². The maximum Gasteiger partial charge on any atom is 0.0750 e. The number of rotatable bonds is 2. The Kier molecular flexibility index (Phi) is 2.78. The predicted octanol–water partition coefficient (Wildman–Crippen LogP) is 1.37. The normalized spacial score (nSPS) is 18.9. The molecule has 2 heteroatoms. The number of hydrogen-bond donors (Lipinski definition) is 1. The first kappa shape index (κ1) is 7.39. The van der Waals surface area contributed by atoms with E-state index in [2.05, 4.69) is 16.2 Å². The van der Waals surface area contributed by atoms with Crippen LogP contribution in [0.4, 0.5) is 0 Å². The Balaban J connectivity index is 3.15. The van der Waals surface area contributed by atoms with Crippen molar-refractivity contribution in [2.24, 2.45) is 0 Å². The van der Waals surface area contributed by atoms with Crippen LogP contribution in [0.15, 0.2) is 0 Å². The fourth-order valence-corrected chi connectivity index (χ4v) is 0.795. The van der Waals surface area contributed by atoms with E-state index in [1.807, 2.05) is 0 Å². The van der Waals surface area contributed by atoms with Gasteiger partial charge in [-0.1, -0.05) is 13.3 Å². The average Bonchev–Trinajstić information content (AvgIpc) is 1.30. The van der Waals surface area contributed by atoms with Gasteiger partial charge in [-0.3, -0.25) is 0 Å². The molecule has 2 unspecified atom stereocenters. The largest absolute Gasteiger partial charge is 0.386 e. The fraction of sp³-hybridized carbons (Fsp3) is 1.00. The van der Waals surface area contributed by atoms with Crippen LogP contribution in [0.2, 0.25) is 0 Å². The zero-order valence-electron chi connectivity index (χ0n) is 4.94. The first-order valence-corrected chi connectivity index (χ1v) is 3.15. The monoisotopic (exact) mass is 120 g/mol. The van der Waals surface area contributed by atoms with Gasteiger partial charge in [0, 0.05) is 0 Å². The van der Waals surface area contributed by atoms with E-state index in [-0.39, 0.29) is 0 Å². The van der Waals surface area contributed by atoms with Gasteiger partial charge in [0.1, 0.15) is 0 Å². The molecular weight excluding hydrogens is 107 g/mol. The third kappa shape index (κ3) is 6.39. The highest BCUT2D eigenvalue weighted by atomic mass is 31.0. The summed E-state index contributed by atoms with van der Waals surface area (Å²) in [7, 11) is 2.39. The lowest BCUT2D eigenvalue weighted by atomic mass is 10.2. The summed E-state index contributed by atoms with van der Waals surface area (Å²) >= 11 is 0. The Morgan fingerprint density at radius 1 is 1.71 bits per heavy atom. The predicted molar refractivity (Wildman–Crippen MR) is 35.2 cm³/mol. The van der Waals surface area contributed by atoms with Crippen molar-refractivity contribution in [1.29, 1.82) is 0 Å². The SMILES string of the molecule is CCCC(C)(O)P. The van der Waals surface area contributed by atoms with Crippen molar-refractivity contribution in [3.63, 3.8) is 0 Å². The molecule has 2 atom stereocenters. The zero-order valence-corrected chi connectivity index (χ0v) is 6.09. The molecule has 0 aliphatic carbocycles. The van der Waals surface area contributed by atoms with Crippen molar-refractivity contribution in [2.75, 3.05) is 0 Å². The van der Waals surface area contributed by atoms with Gasteiger partial charge in [0.05, 0.1) is 5.34 Å². The van der Waals surface area contributed by atoms with Gasteiger partial charge in [-0.05, 0) is 13.3 Å². The minimum Gasteiger partial charge on any atom is -0.386 e. The van der Waals surface area contributed by atoms with Gasteiger partial charge in [-0.2, -0.15) is 0 Å². The Morgan fingerprint density at radius 3 is 2.14 bits per heavy atom. The minimum atomic E-state index is -0.533. The summed E-state index contributed by atoms with van der Waals surface area (Å²) in [4.78, 5) is 0. The Bertz CT molecular complexity index is 46.5. The molecule has 0 spiro atoms. The van der Waals surface area contributed by atoms with Crippen LogP contribution < -0.4 is 0 Å². The lowest BCUT2D eigenvalue weighted by Crippen LogP contribution is -2.11. The van der Waals surface area contributed by atoms with E-state index in [9.17, 15) is 0 Å². The van der Waals surface area contributed by atoms with Crippen molar-refractivity contribution < 1.29 is 5.11 Å². The highest BCUT2D eigenvalue weighted by Crippen LogP contribution is 2.18. The molecule has 0 fully saturated rings. The van der Waals surface area contributed by atoms with Crippen molar-refractivity contribution in [1.82, 2.24) is 0 Å². The summed E-state index contributed by atoms with van der Waals surface area (Å²) in [5.74, 6) is 0. The maximum atomic E-state index is 8.98. The lowest BCUT2D eigenvalue weighted by molar-refractivity contribution is 0.145. The third-order valence-electron chi connectivity index (χ3n) is 0.756. The molecule has 0 bridgehead atoms. The van der Waals surface area contributed by atoms with Gasteiger partial charge in [-0.15, -0.1) is 9.24 Å². The molecule has 7 heavy (non-hydrogen) atoms. The maximum absolute atomic E-state index is 8.98. The van der Waals surface area contributed by atoms with E-state index in [0.29, 0.717) is 0 Å². The highest BCUT2D eigenvalue weighted by Gasteiger charge is 2.08. The summed E-state index contributed by atoms with van der Waals surface area (Å²) < 4.78 is 0. The van der Waals surface area contributed by atoms with Crippen LogP contribution in [-0.2, 0) is 0 Å². The fourth-order valence-electron chi connectivity index (χ4n) is 0.506. The summed E-state index contributed by atoms with van der Waals surface area (Å²) in [6.45, 7) is 3.85. The van der Waals surface area contributed by atoms with E-state index in [1.54, 1.807) is 6.92 Å². The van der Waals surface area contributed by atoms with Crippen LogP contribution in [0.5, 0.6) is 0 Å². The molecule has 0 aromatic heterocycles. The molecule has 0 aromatic carbocycles. The smallest absolute Gasteiger partial charge is 0.0750 e. The molecule has 0 aliphatic heterocycles. The van der Waals surface area contributed by atoms with Crippen LogP contribution >= 0.6 is 9.24 Å². The molecule has 1 nitrogen and oxygen atoms in total. The average molecular weight is 120 g/mol. The second-order valence-corrected chi connectivity index (χ2v) is 3.35. The van der Waals surface area contributed by atoms with E-state index >= 15 is 0 Å². The van der Waals surface area contributed by atoms with Gasteiger partial charge in [0.2, 0.25) is 0 Å². The molecule has 0 aromatic rings. The molecular formula is C5H13OP. The van der Waals surface area contributed by atoms with Gasteiger partial charge >= 0.3 is 0 Å². The molecule has 0 aliphatic rings. The van der Waals surface area contributed by atoms with E-state index in [4.69, 9.17) is 5.11 Å². The summed E-state index contributed by atoms with van der Waals surface area (Å²) in [5, 5.41) is 8.45. The van der Waals surface area contributed by atoms with E-state index in [0.717, 1.165) is 12.8 Å². The second-order valence-electron chi connectivity index (χ2n) is 2.11. The van der Waals surface area contributed by atoms with Crippen LogP contribution in [0.1, 0.15) is 26.7 Å². The number of aliphatic hydroxyl groups is 1. The Labute approximate surface area is 47.3 Å². The molecule has 0 heterocycles. The van der Waals surface area contributed by atoms with Crippen molar-refractivity contribution >= 4 is 9.24 Å². The first-order chi connectivity index (χ1) is 3.06. The number of hydrogen-bond acceptors (Lipinski definition) is 1. The Morgan fingerprint density at radius 2 is 2.14 bits per heavy atom. The molecule has 0 saturated heterocycles.